The third kappa shape index (κ3) is 3.01. The van der Waals surface area contributed by atoms with Crippen molar-refractivity contribution in [3.63, 3.8) is 0 Å². The van der Waals surface area contributed by atoms with Crippen LogP contribution >= 0.6 is 15.9 Å². The normalized spacial score (nSPS) is 10.3. The molecule has 3 heteroatoms. The Bertz CT molecular complexity index is 274. The van der Waals surface area contributed by atoms with Gasteiger partial charge in [0, 0.05) is 10.2 Å². The lowest BCUT2D eigenvalue weighted by molar-refractivity contribution is 0.725. The minimum absolute atomic E-state index is 0.874. The number of aryl methyl sites for hydroxylation is 1. The van der Waals surface area contributed by atoms with E-state index in [0.29, 0.717) is 0 Å². The first-order valence-corrected chi connectivity index (χ1v) is 5.22. The number of rotatable bonds is 4. The summed E-state index contributed by atoms with van der Waals surface area (Å²) in [6, 6.07) is 6.07. The molecule has 1 aromatic carbocycles. The summed E-state index contributed by atoms with van der Waals surface area (Å²) in [6.07, 6.45) is 2.16. The second-order valence-electron chi connectivity index (χ2n) is 3.02. The van der Waals surface area contributed by atoms with Gasteiger partial charge in [0.05, 0.1) is 0 Å². The van der Waals surface area contributed by atoms with E-state index in [1.807, 2.05) is 19.2 Å². The lowest BCUT2D eigenvalue weighted by atomic mass is 10.1. The Kier molecular flexibility index (Phi) is 4.25. The summed E-state index contributed by atoms with van der Waals surface area (Å²) in [7, 11) is 1.96. The molecule has 0 fully saturated rings. The second-order valence-corrected chi connectivity index (χ2v) is 3.87. The zero-order chi connectivity index (χ0) is 9.68. The molecule has 0 aliphatic heterocycles. The van der Waals surface area contributed by atoms with Gasteiger partial charge in [-0.1, -0.05) is 12.1 Å². The standard InChI is InChI=1S/C10H15BrN2/c1-13-7-3-5-8-4-2-6-9(11)10(8)12/h2,4,6,13H,3,5,7,12H2,1H3. The van der Waals surface area contributed by atoms with Crippen molar-refractivity contribution < 1.29 is 0 Å². The van der Waals surface area contributed by atoms with Crippen LogP contribution in [0, 0.1) is 0 Å². The monoisotopic (exact) mass is 242 g/mol. The number of hydrogen-bond acceptors (Lipinski definition) is 2. The van der Waals surface area contributed by atoms with Crippen LogP contribution in [0.5, 0.6) is 0 Å². The summed E-state index contributed by atoms with van der Waals surface area (Å²) >= 11 is 3.41. The summed E-state index contributed by atoms with van der Waals surface area (Å²) in [6.45, 7) is 1.03. The number of anilines is 1. The SMILES string of the molecule is CNCCCc1cccc(Br)c1N. The molecule has 0 unspecified atom stereocenters. The maximum absolute atomic E-state index is 5.90. The number of nitrogen functional groups attached to an aromatic ring is 1. The van der Waals surface area contributed by atoms with Crippen molar-refractivity contribution >= 4 is 21.6 Å². The van der Waals surface area contributed by atoms with Gasteiger partial charge in [-0.05, 0) is 54.0 Å². The number of hydrogen-bond donors (Lipinski definition) is 2. The molecule has 0 radical (unpaired) electrons. The molecule has 0 saturated carbocycles. The average Bonchev–Trinajstić information content (AvgIpc) is 2.13. The summed E-state index contributed by atoms with van der Waals surface area (Å²) in [5, 5.41) is 3.12. The van der Waals surface area contributed by atoms with Gasteiger partial charge in [-0.3, -0.25) is 0 Å². The van der Waals surface area contributed by atoms with E-state index in [1.54, 1.807) is 0 Å². The van der Waals surface area contributed by atoms with E-state index in [0.717, 1.165) is 29.5 Å². The van der Waals surface area contributed by atoms with Crippen LogP contribution in [0.25, 0.3) is 0 Å². The Morgan fingerprint density at radius 1 is 1.46 bits per heavy atom. The van der Waals surface area contributed by atoms with Crippen molar-refractivity contribution in [2.45, 2.75) is 12.8 Å². The molecule has 0 aliphatic rings. The third-order valence-electron chi connectivity index (χ3n) is 2.02. The molecule has 3 N–H and O–H groups in total. The van der Waals surface area contributed by atoms with Crippen LogP contribution in [-0.2, 0) is 6.42 Å². The zero-order valence-electron chi connectivity index (χ0n) is 7.81. The molecule has 0 aromatic heterocycles. The molecule has 2 nitrogen and oxygen atoms in total. The fourth-order valence-electron chi connectivity index (χ4n) is 1.26. The highest BCUT2D eigenvalue weighted by Gasteiger charge is 2.01. The average molecular weight is 243 g/mol. The van der Waals surface area contributed by atoms with Gasteiger partial charge >= 0.3 is 0 Å². The van der Waals surface area contributed by atoms with E-state index in [4.69, 9.17) is 5.73 Å². The molecule has 0 bridgehead atoms. The van der Waals surface area contributed by atoms with Crippen LogP contribution in [0.4, 0.5) is 5.69 Å². The number of halogens is 1. The van der Waals surface area contributed by atoms with E-state index < -0.39 is 0 Å². The summed E-state index contributed by atoms with van der Waals surface area (Å²) in [5.74, 6) is 0. The minimum Gasteiger partial charge on any atom is -0.398 e. The minimum atomic E-state index is 0.874. The van der Waals surface area contributed by atoms with Gasteiger partial charge in [-0.15, -0.1) is 0 Å². The molecular weight excluding hydrogens is 228 g/mol. The predicted molar refractivity (Wildman–Crippen MR) is 60.8 cm³/mol. The number of nitrogens with one attached hydrogen (secondary N) is 1. The summed E-state index contributed by atoms with van der Waals surface area (Å²) in [4.78, 5) is 0. The van der Waals surface area contributed by atoms with Gasteiger partial charge in [0.1, 0.15) is 0 Å². The van der Waals surface area contributed by atoms with Gasteiger partial charge in [0.15, 0.2) is 0 Å². The molecule has 0 aliphatic carbocycles. The molecule has 0 atom stereocenters. The van der Waals surface area contributed by atoms with Gasteiger partial charge in [-0.25, -0.2) is 0 Å². The summed E-state index contributed by atoms with van der Waals surface area (Å²) < 4.78 is 0.995. The maximum Gasteiger partial charge on any atom is 0.0491 e. The molecule has 72 valence electrons. The first kappa shape index (κ1) is 10.5. The Balaban J connectivity index is 2.61. The second kappa shape index (κ2) is 5.25. The molecular formula is C10H15BrN2. The van der Waals surface area contributed by atoms with Gasteiger partial charge in [0.25, 0.3) is 0 Å². The van der Waals surface area contributed by atoms with E-state index in [9.17, 15) is 0 Å². The molecule has 0 spiro atoms. The Morgan fingerprint density at radius 3 is 2.92 bits per heavy atom. The predicted octanol–water partition coefficient (Wildman–Crippen LogP) is 2.18. The van der Waals surface area contributed by atoms with Crippen molar-refractivity contribution in [2.24, 2.45) is 0 Å². The summed E-state index contributed by atoms with van der Waals surface area (Å²) in [5.41, 5.74) is 8.00. The van der Waals surface area contributed by atoms with Crippen LogP contribution in [0.2, 0.25) is 0 Å². The van der Waals surface area contributed by atoms with Crippen LogP contribution in [0.1, 0.15) is 12.0 Å². The van der Waals surface area contributed by atoms with Gasteiger partial charge in [0.2, 0.25) is 0 Å². The quantitative estimate of drug-likeness (QED) is 0.628. The van der Waals surface area contributed by atoms with Crippen molar-refractivity contribution in [1.82, 2.24) is 5.32 Å². The zero-order valence-corrected chi connectivity index (χ0v) is 9.39. The van der Waals surface area contributed by atoms with Crippen LogP contribution in [0.3, 0.4) is 0 Å². The third-order valence-corrected chi connectivity index (χ3v) is 2.71. The molecule has 13 heavy (non-hydrogen) atoms. The smallest absolute Gasteiger partial charge is 0.0491 e. The Labute approximate surface area is 87.6 Å². The van der Waals surface area contributed by atoms with E-state index >= 15 is 0 Å². The molecule has 1 rings (SSSR count). The van der Waals surface area contributed by atoms with Gasteiger partial charge < -0.3 is 11.1 Å². The number of para-hydroxylation sites is 1. The lowest BCUT2D eigenvalue weighted by Crippen LogP contribution is -2.09. The van der Waals surface area contributed by atoms with Crippen LogP contribution in [0.15, 0.2) is 22.7 Å². The van der Waals surface area contributed by atoms with Crippen molar-refractivity contribution in [3.05, 3.63) is 28.2 Å². The Morgan fingerprint density at radius 2 is 2.23 bits per heavy atom. The Hall–Kier alpha value is -0.540. The maximum atomic E-state index is 5.90. The molecule has 1 aromatic rings. The highest BCUT2D eigenvalue weighted by molar-refractivity contribution is 9.10. The van der Waals surface area contributed by atoms with Crippen molar-refractivity contribution in [2.75, 3.05) is 19.3 Å². The number of benzene rings is 1. The van der Waals surface area contributed by atoms with Crippen molar-refractivity contribution in [1.29, 1.82) is 0 Å². The molecule has 0 amide bonds. The molecule has 0 saturated heterocycles. The van der Waals surface area contributed by atoms with E-state index in [1.165, 1.54) is 5.56 Å². The fraction of sp³-hybridized carbons (Fsp3) is 0.400. The van der Waals surface area contributed by atoms with E-state index in [2.05, 4.69) is 27.3 Å². The molecule has 0 heterocycles. The fourth-order valence-corrected chi connectivity index (χ4v) is 1.66. The van der Waals surface area contributed by atoms with Crippen LogP contribution in [-0.4, -0.2) is 13.6 Å². The highest BCUT2D eigenvalue weighted by Crippen LogP contribution is 2.23. The highest BCUT2D eigenvalue weighted by atomic mass is 79.9. The number of nitrogens with two attached hydrogens (primary N) is 1. The first-order valence-electron chi connectivity index (χ1n) is 4.43. The van der Waals surface area contributed by atoms with Crippen molar-refractivity contribution in [3.8, 4) is 0 Å². The lowest BCUT2D eigenvalue weighted by Gasteiger charge is -2.06. The van der Waals surface area contributed by atoms with E-state index in [-0.39, 0.29) is 0 Å². The topological polar surface area (TPSA) is 38.0 Å². The van der Waals surface area contributed by atoms with Crippen LogP contribution < -0.4 is 11.1 Å². The first-order chi connectivity index (χ1) is 6.25. The largest absolute Gasteiger partial charge is 0.398 e. The van der Waals surface area contributed by atoms with Gasteiger partial charge in [-0.2, -0.15) is 0 Å².